The number of aryl methyl sites for hydroxylation is 8. The zero-order chi connectivity index (χ0) is 96.4. The van der Waals surface area contributed by atoms with Gasteiger partial charge in [0.05, 0.1) is 50.9 Å². The van der Waals surface area contributed by atoms with Crippen LogP contribution in [0.4, 0.5) is 0 Å². The second-order valence-corrected chi connectivity index (χ2v) is 32.2. The second-order valence-electron chi connectivity index (χ2n) is 32.2. The van der Waals surface area contributed by atoms with Crippen molar-refractivity contribution in [1.29, 1.82) is 0 Å². The third kappa shape index (κ3) is 44.4. The maximum Gasteiger partial charge on any atom is 0.155 e. The number of aromatic nitrogens is 6. The molecule has 0 spiro atoms. The van der Waals surface area contributed by atoms with Crippen molar-refractivity contribution in [3.63, 3.8) is 0 Å². The standard InChI is InChI=1S/C23H18N.C21H22N.C19H18N.C17H14N.C10H7N2.5C5H8O2.5Ir/c1-16-13-17(2)15-19(14-16)22-12-11-21-20(9-6-10-23(21)24-22)18-7-4-3-5-8-18;1-14-10-16(13-17(11-14)21(3,4)5)20-12-15(2)18-8-6-7-9-19(18)22-20;1-3-14-11-15(4-2)13-17(12-14)19-10-9-16-7-5-6-8-18(16)20-19;1-12-7-8-15(11-13(12)2)17-10-9-14-5-3-4-6-16(14)18-17;1-2-4-9(5-3-1)10-8-11-6-7-12-10;5*1-4(6)3-5(2)7;;;;;/h3-14H,1-2H3;6-9,11-13H,1-5H3;5-12H,3-4H2,1-2H3;3-7,9-11H,1-2H3;1-4,6-8H;5*3,6H,1-2H3;;;;;/q5*-1;;;;;;;;;;. The average Bonchev–Trinajstić information content (AvgIpc) is 0.794. The number of aliphatic hydroxyl groups excluding tert-OH is 5. The van der Waals surface area contributed by atoms with Crippen molar-refractivity contribution in [2.75, 3.05) is 0 Å². The number of hydrogen-bond donors (Lipinski definition) is 5. The van der Waals surface area contributed by atoms with Gasteiger partial charge in [-0.3, -0.25) is 48.9 Å². The first-order valence-electron chi connectivity index (χ1n) is 42.9. The Labute approximate surface area is 870 Å². The van der Waals surface area contributed by atoms with E-state index < -0.39 is 0 Å². The second kappa shape index (κ2) is 62.8. The molecule has 0 fully saturated rings. The number of carbonyl (C=O) groups excluding carboxylic acids is 5. The number of allylic oxidation sites excluding steroid dienone is 10. The molecule has 5 radical (unpaired) electrons. The van der Waals surface area contributed by atoms with Gasteiger partial charge in [-0.25, -0.2) is 0 Å². The molecular formula is C115H119Ir5N6O10-5. The summed E-state index contributed by atoms with van der Waals surface area (Å²) in [5, 5.41) is 46.6. The summed E-state index contributed by atoms with van der Waals surface area (Å²) in [5.74, 6) is -0.312. The largest absolute Gasteiger partial charge is 0.512 e. The monoisotopic (exact) mass is 2710 g/mol. The molecule has 0 aliphatic rings. The first-order chi connectivity index (χ1) is 62.2. The van der Waals surface area contributed by atoms with Gasteiger partial charge in [0.15, 0.2) is 28.9 Å². The van der Waals surface area contributed by atoms with Crippen molar-refractivity contribution >= 4 is 72.5 Å². The zero-order valence-corrected chi connectivity index (χ0v) is 92.7. The number of fused-ring (bicyclic) bond motifs is 4. The molecule has 5 N–H and O–H groups in total. The van der Waals surface area contributed by atoms with Crippen molar-refractivity contribution in [2.45, 2.75) is 164 Å². The predicted molar refractivity (Wildman–Crippen MR) is 537 cm³/mol. The van der Waals surface area contributed by atoms with Crippen LogP contribution in [-0.4, -0.2) is 84.4 Å². The van der Waals surface area contributed by atoms with E-state index in [4.69, 9.17) is 40.5 Å². The number of benzene rings is 10. The third-order valence-corrected chi connectivity index (χ3v) is 18.9. The van der Waals surface area contributed by atoms with Crippen LogP contribution in [-0.2, 0) is 143 Å². The Balaban J connectivity index is 0.000000781. The topological polar surface area (TPSA) is 264 Å². The molecule has 21 heteroatoms. The molecule has 5 heterocycles. The van der Waals surface area contributed by atoms with Gasteiger partial charge in [-0.2, -0.15) is 0 Å². The number of pyridine rings is 4. The van der Waals surface area contributed by atoms with E-state index in [9.17, 15) is 24.0 Å². The molecule has 0 aliphatic carbocycles. The van der Waals surface area contributed by atoms with Crippen molar-refractivity contribution in [3.8, 4) is 67.4 Å². The van der Waals surface area contributed by atoms with E-state index in [1.807, 2.05) is 72.8 Å². The minimum atomic E-state index is -0.125. The Morgan fingerprint density at radius 2 is 0.794 bits per heavy atom. The van der Waals surface area contributed by atoms with E-state index in [0.717, 1.165) is 102 Å². The van der Waals surface area contributed by atoms with Crippen LogP contribution in [0, 0.1) is 71.9 Å². The fraction of sp³-hybridized carbons (Fsp3) is 0.209. The number of hydrogen-bond acceptors (Lipinski definition) is 16. The molecule has 0 aliphatic heterocycles. The molecule has 15 aromatic rings. The quantitative estimate of drug-likeness (QED) is 0.0408. The molecular weight excluding hydrogens is 2590 g/mol. The van der Waals surface area contributed by atoms with E-state index in [2.05, 4.69) is 285 Å². The van der Waals surface area contributed by atoms with Crippen LogP contribution in [0.2, 0.25) is 0 Å². The van der Waals surface area contributed by atoms with E-state index in [0.29, 0.717) is 0 Å². The number of rotatable bonds is 13. The third-order valence-electron chi connectivity index (χ3n) is 18.9. The van der Waals surface area contributed by atoms with Gasteiger partial charge in [-0.1, -0.05) is 209 Å². The Morgan fingerprint density at radius 3 is 1.25 bits per heavy atom. The van der Waals surface area contributed by atoms with Crippen LogP contribution < -0.4 is 0 Å². The van der Waals surface area contributed by atoms with Crippen molar-refractivity contribution in [3.05, 3.63) is 395 Å². The molecule has 719 valence electrons. The number of ketones is 5. The summed E-state index contributed by atoms with van der Waals surface area (Å²) in [7, 11) is 0. The van der Waals surface area contributed by atoms with Gasteiger partial charge in [0.2, 0.25) is 0 Å². The van der Waals surface area contributed by atoms with Gasteiger partial charge < -0.3 is 30.5 Å². The summed E-state index contributed by atoms with van der Waals surface area (Å²) in [6.07, 6.45) is 12.9. The van der Waals surface area contributed by atoms with E-state index in [1.54, 1.807) is 18.6 Å². The first kappa shape index (κ1) is 122. The summed E-state index contributed by atoms with van der Waals surface area (Å²) in [6, 6.07) is 98.1. The van der Waals surface area contributed by atoms with E-state index in [1.165, 1.54) is 171 Å². The molecule has 0 amide bonds. The van der Waals surface area contributed by atoms with Crippen molar-refractivity contribution in [1.82, 2.24) is 29.9 Å². The maximum atomic E-state index is 10.0. The van der Waals surface area contributed by atoms with Gasteiger partial charge in [-0.15, -0.1) is 175 Å². The summed E-state index contributed by atoms with van der Waals surface area (Å²) >= 11 is 0. The molecule has 0 unspecified atom stereocenters. The van der Waals surface area contributed by atoms with Crippen LogP contribution >= 0.6 is 0 Å². The van der Waals surface area contributed by atoms with Crippen molar-refractivity contribution < 1.29 is 150 Å². The van der Waals surface area contributed by atoms with Crippen molar-refractivity contribution in [2.24, 2.45) is 0 Å². The predicted octanol–water partition coefficient (Wildman–Crippen LogP) is 27.9. The fourth-order valence-electron chi connectivity index (χ4n) is 12.9. The van der Waals surface area contributed by atoms with Crippen LogP contribution in [0.1, 0.15) is 154 Å². The SMILES string of the molecule is CC(=O)C=C(C)O.CC(=O)C=C(C)O.CC(=O)C=C(C)O.CC(=O)C=C(C)O.CC(=O)C=C(C)O.CCc1[c-]c(-c2ccc3ccccc3n2)cc(CC)c1.Cc1[c-]c(-c2cc(C)c3ccccc3n2)cc(C(C)(C)C)c1.Cc1[c-]c(-c2ccc3c(-c4ccccc4)cccc3n2)cc(C)c1.Cc1c[c-]c(-c2ccc3ccccc3n2)cc1C.[Ir].[Ir].[Ir].[Ir].[Ir].[c-]1ccccc1-c1cnccn1. The molecule has 0 atom stereocenters. The summed E-state index contributed by atoms with van der Waals surface area (Å²) in [4.78, 5) is 77.4. The van der Waals surface area contributed by atoms with Gasteiger partial charge in [0.25, 0.3) is 0 Å². The van der Waals surface area contributed by atoms with Crippen LogP contribution in [0.5, 0.6) is 0 Å². The normalized spacial score (nSPS) is 10.7. The Bertz CT molecular complexity index is 6290. The summed E-state index contributed by atoms with van der Waals surface area (Å²) < 4.78 is 0. The van der Waals surface area contributed by atoms with E-state index >= 15 is 0 Å². The maximum absolute atomic E-state index is 10.0. The molecule has 15 rings (SSSR count). The van der Waals surface area contributed by atoms with Gasteiger partial charge in [-0.05, 0) is 169 Å². The molecule has 136 heavy (non-hydrogen) atoms. The first-order valence-corrected chi connectivity index (χ1v) is 42.9. The smallest absolute Gasteiger partial charge is 0.155 e. The molecule has 10 aromatic carbocycles. The van der Waals surface area contributed by atoms with Crippen LogP contribution in [0.25, 0.3) is 111 Å². The summed E-state index contributed by atoms with van der Waals surface area (Å²) in [6.45, 7) is 38.0. The van der Waals surface area contributed by atoms with E-state index in [-0.39, 0.29) is 164 Å². The fourth-order valence-corrected chi connectivity index (χ4v) is 12.9. The molecule has 0 bridgehead atoms. The Morgan fingerprint density at radius 1 is 0.353 bits per heavy atom. The summed E-state index contributed by atoms with van der Waals surface area (Å²) in [5.41, 5.74) is 28.1. The Hall–Kier alpha value is -11.8. The van der Waals surface area contributed by atoms with Gasteiger partial charge >= 0.3 is 0 Å². The zero-order valence-electron chi connectivity index (χ0n) is 80.7. The number of nitrogens with zero attached hydrogens (tertiary/aromatic N) is 6. The molecule has 0 saturated heterocycles. The minimum absolute atomic E-state index is 0. The molecule has 0 saturated carbocycles. The minimum Gasteiger partial charge on any atom is -0.512 e. The molecule has 5 aromatic heterocycles. The Kier molecular flexibility index (Phi) is 56.4. The van der Waals surface area contributed by atoms with Gasteiger partial charge in [0, 0.05) is 166 Å². The number of para-hydroxylation sites is 3. The number of aliphatic hydroxyl groups is 5. The number of carbonyl (C=O) groups is 5. The van der Waals surface area contributed by atoms with Crippen LogP contribution in [0.15, 0.2) is 314 Å². The van der Waals surface area contributed by atoms with Gasteiger partial charge in [0.1, 0.15) is 0 Å². The van der Waals surface area contributed by atoms with Crippen LogP contribution in [0.3, 0.4) is 0 Å². The molecule has 16 nitrogen and oxygen atoms in total. The average molecular weight is 2710 g/mol.